The fourth-order valence-electron chi connectivity index (χ4n) is 1.85. The van der Waals surface area contributed by atoms with Gasteiger partial charge in [0.25, 0.3) is 0 Å². The van der Waals surface area contributed by atoms with Crippen molar-refractivity contribution in [1.29, 1.82) is 0 Å². The summed E-state index contributed by atoms with van der Waals surface area (Å²) in [6, 6.07) is 0. The van der Waals surface area contributed by atoms with Gasteiger partial charge in [-0.3, -0.25) is 0 Å². The molecular weight excluding hydrogens is 374 g/mol. The van der Waals surface area contributed by atoms with Gasteiger partial charge in [0, 0.05) is 0 Å². The third-order valence-electron chi connectivity index (χ3n) is 2.99. The zero-order valence-electron chi connectivity index (χ0n) is 11.2. The molecule has 2 aromatic carbocycles. The van der Waals surface area contributed by atoms with Gasteiger partial charge in [-0.25, -0.2) is 43.9 Å². The summed E-state index contributed by atoms with van der Waals surface area (Å²) in [7, 11) is 0. The lowest BCUT2D eigenvalue weighted by atomic mass is 9.99. The third-order valence-corrected chi connectivity index (χ3v) is 2.99. The molecule has 0 radical (unpaired) electrons. The molecule has 2 rings (SSSR count). The van der Waals surface area contributed by atoms with Crippen LogP contribution in [0.5, 0.6) is 0 Å². The van der Waals surface area contributed by atoms with E-state index in [0.717, 1.165) is 0 Å². The lowest BCUT2D eigenvalue weighted by molar-refractivity contribution is -0.00409. The number of hydrogen-bond acceptors (Lipinski definition) is 0. The first-order valence-corrected chi connectivity index (χ1v) is 5.81. The Balaban J connectivity index is 2.98. The Hall–Kier alpha value is -2.88. The van der Waals surface area contributed by atoms with Crippen LogP contribution >= 0.6 is 0 Å². The van der Waals surface area contributed by atoms with Crippen LogP contribution in [-0.4, -0.2) is 10.5 Å². The monoisotopic (exact) mass is 374 g/mol. The van der Waals surface area contributed by atoms with Crippen molar-refractivity contribution < 1.29 is 48.7 Å². The number of hydrogen-bond donors (Lipinski definition) is 0. The molecule has 0 fully saturated rings. The molecule has 0 unspecified atom stereocenters. The van der Waals surface area contributed by atoms with E-state index in [9.17, 15) is 43.9 Å². The number of nitrogens with zero attached hydrogens (tertiary/aromatic N) is 2. The maximum atomic E-state index is 13.6. The summed E-state index contributed by atoms with van der Waals surface area (Å²) in [5.41, 5.74) is 2.20. The predicted molar refractivity (Wildman–Crippen MR) is 59.3 cm³/mol. The largest absolute Gasteiger partial charge is 0.361 e. The zero-order chi connectivity index (χ0) is 19.2. The Morgan fingerprint density at radius 1 is 0.440 bits per heavy atom. The molecule has 132 valence electrons. The normalized spacial score (nSPS) is 10.8. The van der Waals surface area contributed by atoms with E-state index >= 15 is 0 Å². The van der Waals surface area contributed by atoms with Crippen molar-refractivity contribution >= 4 is 5.71 Å². The summed E-state index contributed by atoms with van der Waals surface area (Å²) in [5.74, 6) is -26.6. The molecule has 0 aromatic heterocycles. The second-order valence-electron chi connectivity index (χ2n) is 4.34. The van der Waals surface area contributed by atoms with Crippen molar-refractivity contribution in [2.24, 2.45) is 0 Å². The van der Waals surface area contributed by atoms with E-state index in [1.165, 1.54) is 0 Å². The van der Waals surface area contributed by atoms with Crippen LogP contribution < -0.4 is 0 Å². The molecule has 2 aromatic rings. The Labute approximate surface area is 130 Å². The lowest BCUT2D eigenvalue weighted by Crippen LogP contribution is -2.20. The molecular formula is C13F10N2. The van der Waals surface area contributed by atoms with Gasteiger partial charge in [0.05, 0.1) is 0 Å². The van der Waals surface area contributed by atoms with Gasteiger partial charge < -0.3 is 5.53 Å². The highest BCUT2D eigenvalue weighted by molar-refractivity contribution is 6.10. The minimum Gasteiger partial charge on any atom is -0.361 e. The summed E-state index contributed by atoms with van der Waals surface area (Å²) in [5, 5.41) is 0. The first-order valence-electron chi connectivity index (χ1n) is 5.81. The van der Waals surface area contributed by atoms with E-state index in [4.69, 9.17) is 5.53 Å². The molecule has 0 amide bonds. The van der Waals surface area contributed by atoms with Crippen LogP contribution in [0.2, 0.25) is 0 Å². The van der Waals surface area contributed by atoms with Crippen molar-refractivity contribution in [2.45, 2.75) is 0 Å². The van der Waals surface area contributed by atoms with E-state index in [2.05, 4.69) is 0 Å². The van der Waals surface area contributed by atoms with Gasteiger partial charge in [0.1, 0.15) is 11.1 Å². The molecule has 0 atom stereocenters. The van der Waals surface area contributed by atoms with Gasteiger partial charge in [0.2, 0.25) is 11.6 Å². The van der Waals surface area contributed by atoms with Gasteiger partial charge in [-0.15, -0.1) is 0 Å². The summed E-state index contributed by atoms with van der Waals surface area (Å²) in [6.45, 7) is 0. The van der Waals surface area contributed by atoms with Crippen LogP contribution in [0.25, 0.3) is 5.53 Å². The molecule has 0 aliphatic heterocycles. The van der Waals surface area contributed by atoms with Crippen molar-refractivity contribution in [3.8, 4) is 0 Å². The van der Waals surface area contributed by atoms with Crippen LogP contribution in [0.4, 0.5) is 43.9 Å². The maximum Gasteiger partial charge on any atom is 0.342 e. The van der Waals surface area contributed by atoms with Crippen molar-refractivity contribution in [1.82, 2.24) is 0 Å². The fourth-order valence-corrected chi connectivity index (χ4v) is 1.85. The van der Waals surface area contributed by atoms with E-state index < -0.39 is 75.0 Å². The first-order chi connectivity index (χ1) is 11.6. The molecule has 0 spiro atoms. The third kappa shape index (κ3) is 2.54. The molecule has 0 heterocycles. The Morgan fingerprint density at radius 2 is 0.640 bits per heavy atom. The van der Waals surface area contributed by atoms with Crippen LogP contribution in [0.15, 0.2) is 0 Å². The van der Waals surface area contributed by atoms with Crippen LogP contribution in [0.3, 0.4) is 0 Å². The molecule has 12 heteroatoms. The lowest BCUT2D eigenvalue weighted by Gasteiger charge is -2.08. The van der Waals surface area contributed by atoms with Gasteiger partial charge in [-0.05, 0) is 0 Å². The van der Waals surface area contributed by atoms with Crippen LogP contribution in [-0.2, 0) is 0 Å². The van der Waals surface area contributed by atoms with Crippen molar-refractivity contribution in [3.05, 3.63) is 74.8 Å². The van der Waals surface area contributed by atoms with E-state index in [1.54, 1.807) is 0 Å². The van der Waals surface area contributed by atoms with Crippen LogP contribution in [0.1, 0.15) is 11.1 Å². The summed E-state index contributed by atoms with van der Waals surface area (Å²) in [6.07, 6.45) is 0. The van der Waals surface area contributed by atoms with Gasteiger partial charge >= 0.3 is 5.71 Å². The summed E-state index contributed by atoms with van der Waals surface area (Å²) >= 11 is 0. The number of halogens is 10. The standard InChI is InChI=1S/C13F10N2/c14-3-1(4(15)8(19)11(22)7(3)18)13(25-24)2-5(16)9(20)12(23)10(21)6(2)17. The highest BCUT2D eigenvalue weighted by atomic mass is 19.2. The average molecular weight is 374 g/mol. The molecule has 25 heavy (non-hydrogen) atoms. The second kappa shape index (κ2) is 6.20. The molecule has 2 nitrogen and oxygen atoms in total. The highest BCUT2D eigenvalue weighted by Gasteiger charge is 2.39. The summed E-state index contributed by atoms with van der Waals surface area (Å²) < 4.78 is 133. The molecule has 0 aliphatic rings. The molecule has 0 saturated heterocycles. The molecule has 0 aliphatic carbocycles. The smallest absolute Gasteiger partial charge is 0.342 e. The van der Waals surface area contributed by atoms with Gasteiger partial charge in [0.15, 0.2) is 46.5 Å². The Kier molecular flexibility index (Phi) is 4.58. The van der Waals surface area contributed by atoms with Crippen molar-refractivity contribution in [2.75, 3.05) is 0 Å². The van der Waals surface area contributed by atoms with E-state index in [-0.39, 0.29) is 0 Å². The minimum absolute atomic E-state index is 1.94. The summed E-state index contributed by atoms with van der Waals surface area (Å²) in [4.78, 5) is 1.94. The topological polar surface area (TPSA) is 36.4 Å². The molecule has 0 bridgehead atoms. The molecule has 0 N–H and O–H groups in total. The highest BCUT2D eigenvalue weighted by Crippen LogP contribution is 2.29. The van der Waals surface area contributed by atoms with Crippen LogP contribution in [0, 0.1) is 58.2 Å². The van der Waals surface area contributed by atoms with Gasteiger partial charge in [-0.1, -0.05) is 0 Å². The maximum absolute atomic E-state index is 13.6. The predicted octanol–water partition coefficient (Wildman–Crippen LogP) is 4.14. The second-order valence-corrected chi connectivity index (χ2v) is 4.34. The quantitative estimate of drug-likeness (QED) is 0.189. The Morgan fingerprint density at radius 3 is 0.840 bits per heavy atom. The fraction of sp³-hybridized carbons (Fsp3) is 0. The van der Waals surface area contributed by atoms with Gasteiger partial charge in [-0.2, -0.15) is 4.79 Å². The zero-order valence-corrected chi connectivity index (χ0v) is 11.2. The SMILES string of the molecule is [N-]=[N+]=C(c1c(F)c(F)c(F)c(F)c1F)c1c(F)c(F)c(F)c(F)c1F. The average Bonchev–Trinajstić information content (AvgIpc) is 2.60. The molecule has 0 saturated carbocycles. The van der Waals surface area contributed by atoms with Crippen molar-refractivity contribution in [3.63, 3.8) is 0 Å². The number of benzene rings is 2. The minimum atomic E-state index is -2.68. The first kappa shape index (κ1) is 18.5. The Bertz CT molecular complexity index is 833. The van der Waals surface area contributed by atoms with E-state index in [0.29, 0.717) is 0 Å². The van der Waals surface area contributed by atoms with E-state index in [1.807, 2.05) is 4.79 Å². The number of rotatable bonds is 2.